The van der Waals surface area contributed by atoms with E-state index < -0.39 is 5.97 Å². The van der Waals surface area contributed by atoms with Crippen molar-refractivity contribution in [1.82, 2.24) is 9.97 Å². The Kier molecular flexibility index (Phi) is 4.26. The number of carbonyl (C=O) groups is 1. The largest absolute Gasteiger partial charge is 0.478 e. The van der Waals surface area contributed by atoms with Crippen LogP contribution in [0, 0.1) is 6.92 Å². The first kappa shape index (κ1) is 14.8. The van der Waals surface area contributed by atoms with Gasteiger partial charge in [-0.05, 0) is 25.1 Å². The van der Waals surface area contributed by atoms with Gasteiger partial charge < -0.3 is 14.6 Å². The van der Waals surface area contributed by atoms with E-state index in [0.29, 0.717) is 12.4 Å². The molecule has 1 N–H and O–H groups in total. The number of thioether (sulfide) groups is 1. The summed E-state index contributed by atoms with van der Waals surface area (Å²) in [6.07, 6.45) is 1.52. The zero-order valence-electron chi connectivity index (χ0n) is 11.9. The second kappa shape index (κ2) is 6.33. The number of aromatic carboxylic acids is 1. The zero-order chi connectivity index (χ0) is 15.5. The molecule has 0 spiro atoms. The average molecular weight is 318 g/mol. The molecule has 0 aliphatic carbocycles. The highest BCUT2D eigenvalue weighted by molar-refractivity contribution is 7.98. The maximum atomic E-state index is 11.2. The Bertz CT molecular complexity index is 721. The second-order valence-electron chi connectivity index (χ2n) is 4.83. The van der Waals surface area contributed by atoms with Gasteiger partial charge in [-0.25, -0.2) is 14.8 Å². The molecule has 114 valence electrons. The molecular formula is C15H14N2O4S. The molecule has 1 aliphatic rings. The van der Waals surface area contributed by atoms with Crippen LogP contribution in [-0.2, 0) is 17.1 Å². The quantitative estimate of drug-likeness (QED) is 0.685. The fraction of sp³-hybridized carbons (Fsp3) is 0.267. The summed E-state index contributed by atoms with van der Waals surface area (Å²) in [5.74, 6) is 0.326. The molecule has 0 saturated carbocycles. The molecule has 6 nitrogen and oxygen atoms in total. The van der Waals surface area contributed by atoms with E-state index in [9.17, 15) is 9.90 Å². The minimum absolute atomic E-state index is 0.184. The number of rotatable bonds is 4. The molecule has 1 aromatic heterocycles. The van der Waals surface area contributed by atoms with Crippen molar-refractivity contribution >= 4 is 17.7 Å². The number of carboxylic acid groups (broad SMARTS) is 1. The third kappa shape index (κ3) is 3.20. The Balaban J connectivity index is 1.88. The van der Waals surface area contributed by atoms with E-state index in [-0.39, 0.29) is 12.4 Å². The predicted octanol–water partition coefficient (Wildman–Crippen LogP) is 2.64. The van der Waals surface area contributed by atoms with Gasteiger partial charge in [0.25, 0.3) is 0 Å². The first-order valence-corrected chi connectivity index (χ1v) is 7.63. The van der Waals surface area contributed by atoms with Crippen molar-refractivity contribution in [1.29, 1.82) is 0 Å². The van der Waals surface area contributed by atoms with Crippen LogP contribution >= 0.6 is 11.8 Å². The number of aromatic nitrogens is 2. The van der Waals surface area contributed by atoms with Crippen molar-refractivity contribution < 1.29 is 19.4 Å². The van der Waals surface area contributed by atoms with Gasteiger partial charge in [-0.2, -0.15) is 0 Å². The van der Waals surface area contributed by atoms with E-state index in [1.54, 1.807) is 12.1 Å². The van der Waals surface area contributed by atoms with E-state index in [4.69, 9.17) is 9.47 Å². The summed E-state index contributed by atoms with van der Waals surface area (Å²) in [5.41, 5.74) is 2.73. The molecule has 0 atom stereocenters. The van der Waals surface area contributed by atoms with Gasteiger partial charge in [0.05, 0.1) is 17.2 Å². The molecule has 0 bridgehead atoms. The van der Waals surface area contributed by atoms with Gasteiger partial charge in [-0.3, -0.25) is 0 Å². The SMILES string of the molecule is Cc1cc(SCc2cc(C(=O)O)cc3c2OCOC3)ncn1. The molecule has 0 fully saturated rings. The fourth-order valence-electron chi connectivity index (χ4n) is 2.19. The highest BCUT2D eigenvalue weighted by atomic mass is 32.2. The average Bonchev–Trinajstić information content (AvgIpc) is 2.52. The van der Waals surface area contributed by atoms with Crippen LogP contribution in [0.25, 0.3) is 0 Å². The number of fused-ring (bicyclic) bond motifs is 1. The molecule has 1 aliphatic heterocycles. The Labute approximate surface area is 131 Å². The number of ether oxygens (including phenoxy) is 2. The summed E-state index contributed by atoms with van der Waals surface area (Å²) in [6.45, 7) is 2.45. The third-order valence-electron chi connectivity index (χ3n) is 3.19. The highest BCUT2D eigenvalue weighted by Crippen LogP contribution is 2.33. The van der Waals surface area contributed by atoms with Crippen molar-refractivity contribution in [3.8, 4) is 5.75 Å². The molecule has 2 aromatic rings. The standard InChI is InChI=1S/C15H14N2O4S/c1-9-2-13(17-7-16-9)22-6-12-4-10(15(18)19)3-11-5-20-8-21-14(11)12/h2-4,7H,5-6,8H2,1H3,(H,18,19). The van der Waals surface area contributed by atoms with Gasteiger partial charge in [0, 0.05) is 22.6 Å². The number of carboxylic acids is 1. The fourth-order valence-corrected chi connectivity index (χ4v) is 3.08. The second-order valence-corrected chi connectivity index (χ2v) is 5.82. The maximum Gasteiger partial charge on any atom is 0.335 e. The van der Waals surface area contributed by atoms with E-state index >= 15 is 0 Å². The first-order chi connectivity index (χ1) is 10.6. The van der Waals surface area contributed by atoms with Crippen LogP contribution in [0.15, 0.2) is 29.6 Å². The zero-order valence-corrected chi connectivity index (χ0v) is 12.7. The lowest BCUT2D eigenvalue weighted by molar-refractivity contribution is -0.0169. The van der Waals surface area contributed by atoms with Crippen LogP contribution in [-0.4, -0.2) is 27.8 Å². The number of aryl methyl sites for hydroxylation is 1. The van der Waals surface area contributed by atoms with Crippen LogP contribution in [0.3, 0.4) is 0 Å². The van der Waals surface area contributed by atoms with E-state index in [2.05, 4.69) is 9.97 Å². The van der Waals surface area contributed by atoms with E-state index in [1.165, 1.54) is 18.1 Å². The number of hydrogen-bond acceptors (Lipinski definition) is 6. The number of nitrogens with zero attached hydrogens (tertiary/aromatic N) is 2. The van der Waals surface area contributed by atoms with Gasteiger partial charge >= 0.3 is 5.97 Å². The Morgan fingerprint density at radius 2 is 2.23 bits per heavy atom. The molecule has 0 amide bonds. The van der Waals surface area contributed by atoms with Gasteiger partial charge in [-0.15, -0.1) is 11.8 Å². The van der Waals surface area contributed by atoms with Gasteiger partial charge in [0.1, 0.15) is 12.1 Å². The highest BCUT2D eigenvalue weighted by Gasteiger charge is 2.19. The lowest BCUT2D eigenvalue weighted by Crippen LogP contribution is -2.14. The van der Waals surface area contributed by atoms with Crippen molar-refractivity contribution in [3.05, 3.63) is 46.9 Å². The topological polar surface area (TPSA) is 81.5 Å². The van der Waals surface area contributed by atoms with Crippen LogP contribution in [0.1, 0.15) is 27.2 Å². The lowest BCUT2D eigenvalue weighted by Gasteiger charge is -2.21. The molecular weight excluding hydrogens is 304 g/mol. The summed E-state index contributed by atoms with van der Waals surface area (Å²) >= 11 is 1.52. The smallest absolute Gasteiger partial charge is 0.335 e. The monoisotopic (exact) mass is 318 g/mol. The molecule has 0 saturated heterocycles. The molecule has 1 aromatic carbocycles. The molecule has 7 heteroatoms. The Morgan fingerprint density at radius 3 is 3.00 bits per heavy atom. The molecule has 0 radical (unpaired) electrons. The van der Waals surface area contributed by atoms with Gasteiger partial charge in [0.2, 0.25) is 0 Å². The van der Waals surface area contributed by atoms with Crippen LogP contribution in [0.5, 0.6) is 5.75 Å². The summed E-state index contributed by atoms with van der Waals surface area (Å²) in [6, 6.07) is 5.13. The summed E-state index contributed by atoms with van der Waals surface area (Å²) in [5, 5.41) is 10.1. The van der Waals surface area contributed by atoms with Gasteiger partial charge in [0.15, 0.2) is 6.79 Å². The van der Waals surface area contributed by atoms with Crippen molar-refractivity contribution in [2.24, 2.45) is 0 Å². The normalized spacial score (nSPS) is 13.3. The predicted molar refractivity (Wildman–Crippen MR) is 80.0 cm³/mol. The molecule has 3 rings (SSSR count). The third-order valence-corrected chi connectivity index (χ3v) is 4.16. The first-order valence-electron chi connectivity index (χ1n) is 6.64. The van der Waals surface area contributed by atoms with E-state index in [1.807, 2.05) is 13.0 Å². The van der Waals surface area contributed by atoms with Crippen molar-refractivity contribution in [2.75, 3.05) is 6.79 Å². The number of benzene rings is 1. The maximum absolute atomic E-state index is 11.2. The Morgan fingerprint density at radius 1 is 1.36 bits per heavy atom. The number of hydrogen-bond donors (Lipinski definition) is 1. The summed E-state index contributed by atoms with van der Waals surface area (Å²) in [7, 11) is 0. The summed E-state index contributed by atoms with van der Waals surface area (Å²) in [4.78, 5) is 19.5. The summed E-state index contributed by atoms with van der Waals surface area (Å²) < 4.78 is 10.8. The minimum atomic E-state index is -0.961. The molecule has 0 unspecified atom stereocenters. The van der Waals surface area contributed by atoms with E-state index in [0.717, 1.165) is 27.6 Å². The lowest BCUT2D eigenvalue weighted by atomic mass is 10.0. The van der Waals surface area contributed by atoms with Crippen LogP contribution in [0.2, 0.25) is 0 Å². The molecule has 22 heavy (non-hydrogen) atoms. The van der Waals surface area contributed by atoms with Crippen molar-refractivity contribution in [2.45, 2.75) is 24.3 Å². The minimum Gasteiger partial charge on any atom is -0.478 e. The van der Waals surface area contributed by atoms with Crippen molar-refractivity contribution in [3.63, 3.8) is 0 Å². The van der Waals surface area contributed by atoms with Crippen LogP contribution in [0.4, 0.5) is 0 Å². The van der Waals surface area contributed by atoms with Crippen LogP contribution < -0.4 is 4.74 Å². The Hall–Kier alpha value is -2.12. The van der Waals surface area contributed by atoms with Gasteiger partial charge in [-0.1, -0.05) is 0 Å². The molecule has 2 heterocycles.